The average molecular weight is 327 g/mol. The zero-order valence-corrected chi connectivity index (χ0v) is 13.8. The number of amides is 2. The summed E-state index contributed by atoms with van der Waals surface area (Å²) in [6.07, 6.45) is 0.499. The number of aliphatic hydroxyl groups is 1. The van der Waals surface area contributed by atoms with E-state index < -0.39 is 12.0 Å². The Morgan fingerprint density at radius 3 is 2.38 bits per heavy atom. The quantitative estimate of drug-likeness (QED) is 0.843. The molecule has 0 saturated carbocycles. The van der Waals surface area contributed by atoms with E-state index in [1.54, 1.807) is 0 Å². The molecule has 6 nitrogen and oxygen atoms in total. The van der Waals surface area contributed by atoms with E-state index in [2.05, 4.69) is 4.98 Å². The summed E-state index contributed by atoms with van der Waals surface area (Å²) in [4.78, 5) is 29.1. The van der Waals surface area contributed by atoms with Crippen molar-refractivity contribution >= 4 is 11.8 Å². The predicted molar refractivity (Wildman–Crippen MR) is 90.5 cm³/mol. The zero-order valence-electron chi connectivity index (χ0n) is 13.8. The van der Waals surface area contributed by atoms with Gasteiger partial charge in [-0.1, -0.05) is 29.8 Å². The molecule has 6 heteroatoms. The molecule has 0 spiro atoms. The number of aliphatic hydroxyl groups excluding tert-OH is 1. The minimum atomic E-state index is -0.778. The van der Waals surface area contributed by atoms with Crippen LogP contribution in [-0.4, -0.2) is 39.9 Å². The number of carbonyl (C=O) groups is 2. The molecule has 2 amide bonds. The van der Waals surface area contributed by atoms with E-state index in [0.717, 1.165) is 11.1 Å². The molecule has 0 aliphatic rings. The lowest BCUT2D eigenvalue weighted by atomic mass is 10.1. The topological polar surface area (TPSA) is 96.5 Å². The molecule has 3 N–H and O–H groups in total. The molecular formula is C18H21N3O3. The third-order valence-corrected chi connectivity index (χ3v) is 3.79. The van der Waals surface area contributed by atoms with E-state index >= 15 is 0 Å². The SMILES string of the molecule is CCN(C[C@@H](O)c1ccc(C)cc1)C(=O)c1ccc(C(N)=O)cn1. The molecule has 1 aromatic heterocycles. The molecule has 0 bridgehead atoms. The van der Waals surface area contributed by atoms with Gasteiger partial charge in [0.1, 0.15) is 5.69 Å². The van der Waals surface area contributed by atoms with Gasteiger partial charge in [-0.15, -0.1) is 0 Å². The zero-order chi connectivity index (χ0) is 17.7. The lowest BCUT2D eigenvalue weighted by Crippen LogP contribution is -2.35. The highest BCUT2D eigenvalue weighted by Crippen LogP contribution is 2.16. The van der Waals surface area contributed by atoms with Crippen molar-refractivity contribution in [3.05, 3.63) is 65.0 Å². The maximum absolute atomic E-state index is 12.5. The van der Waals surface area contributed by atoms with Crippen LogP contribution in [0.15, 0.2) is 42.6 Å². The van der Waals surface area contributed by atoms with Crippen molar-refractivity contribution in [2.24, 2.45) is 5.73 Å². The lowest BCUT2D eigenvalue weighted by molar-refractivity contribution is 0.0629. The first kappa shape index (κ1) is 17.6. The molecule has 2 rings (SSSR count). The summed E-state index contributed by atoms with van der Waals surface area (Å²) >= 11 is 0. The monoisotopic (exact) mass is 327 g/mol. The van der Waals surface area contributed by atoms with E-state index in [-0.39, 0.29) is 23.7 Å². The van der Waals surface area contributed by atoms with Crippen LogP contribution in [0.3, 0.4) is 0 Å². The second-order valence-electron chi connectivity index (χ2n) is 5.57. The van der Waals surface area contributed by atoms with Crippen LogP contribution in [0.4, 0.5) is 0 Å². The van der Waals surface area contributed by atoms with E-state index in [4.69, 9.17) is 5.73 Å². The van der Waals surface area contributed by atoms with Gasteiger partial charge in [-0.25, -0.2) is 0 Å². The molecule has 2 aromatic rings. The van der Waals surface area contributed by atoms with E-state index in [1.807, 2.05) is 38.1 Å². The van der Waals surface area contributed by atoms with Gasteiger partial charge in [-0.2, -0.15) is 0 Å². The number of rotatable bonds is 6. The van der Waals surface area contributed by atoms with Crippen LogP contribution in [0.1, 0.15) is 45.0 Å². The van der Waals surface area contributed by atoms with E-state index in [1.165, 1.54) is 23.2 Å². The largest absolute Gasteiger partial charge is 0.387 e. The Labute approximate surface area is 140 Å². The molecule has 0 unspecified atom stereocenters. The Bertz CT molecular complexity index is 711. The highest BCUT2D eigenvalue weighted by molar-refractivity contribution is 5.95. The Morgan fingerprint density at radius 2 is 1.88 bits per heavy atom. The fraction of sp³-hybridized carbons (Fsp3) is 0.278. The third-order valence-electron chi connectivity index (χ3n) is 3.79. The van der Waals surface area contributed by atoms with Crippen molar-refractivity contribution < 1.29 is 14.7 Å². The van der Waals surface area contributed by atoms with Gasteiger partial charge in [0.15, 0.2) is 0 Å². The maximum atomic E-state index is 12.5. The molecule has 0 aliphatic heterocycles. The Morgan fingerprint density at radius 1 is 1.21 bits per heavy atom. The first-order valence-electron chi connectivity index (χ1n) is 7.72. The van der Waals surface area contributed by atoms with Gasteiger partial charge in [0, 0.05) is 12.7 Å². The number of pyridine rings is 1. The highest BCUT2D eigenvalue weighted by Gasteiger charge is 2.20. The molecule has 0 fully saturated rings. The van der Waals surface area contributed by atoms with Crippen molar-refractivity contribution in [2.75, 3.05) is 13.1 Å². The van der Waals surface area contributed by atoms with Crippen LogP contribution >= 0.6 is 0 Å². The van der Waals surface area contributed by atoms with Gasteiger partial charge in [-0.3, -0.25) is 14.6 Å². The first-order valence-corrected chi connectivity index (χ1v) is 7.72. The number of hydrogen-bond acceptors (Lipinski definition) is 4. The van der Waals surface area contributed by atoms with Crippen LogP contribution in [0.5, 0.6) is 0 Å². The maximum Gasteiger partial charge on any atom is 0.272 e. The third kappa shape index (κ3) is 4.17. The average Bonchev–Trinajstić information content (AvgIpc) is 2.59. The Kier molecular flexibility index (Phi) is 5.65. The smallest absolute Gasteiger partial charge is 0.272 e. The summed E-state index contributed by atoms with van der Waals surface area (Å²) in [5.41, 5.74) is 7.47. The van der Waals surface area contributed by atoms with Crippen LogP contribution in [0.2, 0.25) is 0 Å². The van der Waals surface area contributed by atoms with Crippen molar-refractivity contribution in [3.63, 3.8) is 0 Å². The summed E-state index contributed by atoms with van der Waals surface area (Å²) in [5.74, 6) is -0.900. The molecular weight excluding hydrogens is 306 g/mol. The van der Waals surface area contributed by atoms with Crippen molar-refractivity contribution in [3.8, 4) is 0 Å². The fourth-order valence-corrected chi connectivity index (χ4v) is 2.29. The number of likely N-dealkylation sites (N-methyl/N-ethyl adjacent to an activating group) is 1. The van der Waals surface area contributed by atoms with E-state index in [0.29, 0.717) is 6.54 Å². The molecule has 0 saturated heterocycles. The molecule has 0 aliphatic carbocycles. The second kappa shape index (κ2) is 7.70. The fourth-order valence-electron chi connectivity index (χ4n) is 2.29. The molecule has 24 heavy (non-hydrogen) atoms. The van der Waals surface area contributed by atoms with Gasteiger partial charge in [0.05, 0.1) is 18.2 Å². The van der Waals surface area contributed by atoms with E-state index in [9.17, 15) is 14.7 Å². The molecule has 1 atom stereocenters. The first-order chi connectivity index (χ1) is 11.4. The Balaban J connectivity index is 2.10. The summed E-state index contributed by atoms with van der Waals surface area (Å²) in [6, 6.07) is 10.5. The molecule has 0 radical (unpaired) electrons. The van der Waals surface area contributed by atoms with Crippen molar-refractivity contribution in [1.29, 1.82) is 0 Å². The van der Waals surface area contributed by atoms with Crippen molar-refractivity contribution in [1.82, 2.24) is 9.88 Å². The minimum absolute atomic E-state index is 0.164. The number of carbonyl (C=O) groups excluding carboxylic acids is 2. The summed E-state index contributed by atoms with van der Waals surface area (Å²) in [6.45, 7) is 4.40. The van der Waals surface area contributed by atoms with Gasteiger partial charge in [-0.05, 0) is 31.5 Å². The van der Waals surface area contributed by atoms with Crippen LogP contribution in [0.25, 0.3) is 0 Å². The normalized spacial score (nSPS) is 11.8. The van der Waals surface area contributed by atoms with Gasteiger partial charge < -0.3 is 15.7 Å². The van der Waals surface area contributed by atoms with Crippen molar-refractivity contribution in [2.45, 2.75) is 20.0 Å². The second-order valence-corrected chi connectivity index (χ2v) is 5.57. The number of primary amides is 1. The molecule has 1 aromatic carbocycles. The number of aryl methyl sites for hydroxylation is 1. The summed E-state index contributed by atoms with van der Waals surface area (Å²) in [7, 11) is 0. The molecule has 1 heterocycles. The highest BCUT2D eigenvalue weighted by atomic mass is 16.3. The summed E-state index contributed by atoms with van der Waals surface area (Å²) in [5, 5.41) is 10.4. The predicted octanol–water partition coefficient (Wildman–Crippen LogP) is 1.68. The lowest BCUT2D eigenvalue weighted by Gasteiger charge is -2.24. The van der Waals surface area contributed by atoms with Gasteiger partial charge >= 0.3 is 0 Å². The Hall–Kier alpha value is -2.73. The van der Waals surface area contributed by atoms with Gasteiger partial charge in [0.25, 0.3) is 5.91 Å². The number of nitrogens with two attached hydrogens (primary N) is 1. The van der Waals surface area contributed by atoms with Gasteiger partial charge in [0.2, 0.25) is 5.91 Å². The summed E-state index contributed by atoms with van der Waals surface area (Å²) < 4.78 is 0. The minimum Gasteiger partial charge on any atom is -0.387 e. The van der Waals surface area contributed by atoms with Crippen LogP contribution in [0, 0.1) is 6.92 Å². The number of benzene rings is 1. The number of hydrogen-bond donors (Lipinski definition) is 2. The van der Waals surface area contributed by atoms with Crippen LogP contribution < -0.4 is 5.73 Å². The molecule has 126 valence electrons. The standard InChI is InChI=1S/C18H21N3O3/c1-3-21(11-16(22)13-6-4-12(2)5-7-13)18(24)15-9-8-14(10-20-15)17(19)23/h4-10,16,22H,3,11H2,1-2H3,(H2,19,23)/t16-/m1/s1. The number of nitrogens with zero attached hydrogens (tertiary/aromatic N) is 2. The van der Waals surface area contributed by atoms with Crippen LogP contribution in [-0.2, 0) is 0 Å². The number of aromatic nitrogens is 1.